The maximum Gasteiger partial charge on any atom is 0.0780 e. The Morgan fingerprint density at radius 2 is 1.40 bits per heavy atom. The number of hydrogen-bond donors (Lipinski definition) is 0. The smallest absolute Gasteiger partial charge is 0.0780 e. The van der Waals surface area contributed by atoms with Crippen LogP contribution in [0.5, 0.6) is 0 Å². The summed E-state index contributed by atoms with van der Waals surface area (Å²) in [5.74, 6) is 0. The van der Waals surface area contributed by atoms with Crippen LogP contribution in [-0.4, -0.2) is 32.2 Å². The summed E-state index contributed by atoms with van der Waals surface area (Å²) in [6.45, 7) is 5.09. The van der Waals surface area contributed by atoms with Gasteiger partial charge in [-0.05, 0) is 36.8 Å². The molecule has 1 rings (SSSR count). The molecule has 0 aromatic heterocycles. The van der Waals surface area contributed by atoms with E-state index in [0.717, 1.165) is 4.48 Å². The van der Waals surface area contributed by atoms with E-state index in [0.29, 0.717) is 0 Å². The topological polar surface area (TPSA) is 0 Å². The maximum absolute atomic E-state index is 3.79. The van der Waals surface area contributed by atoms with Crippen LogP contribution < -0.4 is 0 Å². The second-order valence-corrected chi connectivity index (χ2v) is 6.83. The first-order valence-electron chi connectivity index (χ1n) is 8.03. The van der Waals surface area contributed by atoms with Crippen LogP contribution in [0.25, 0.3) is 6.08 Å². The van der Waals surface area contributed by atoms with Crippen LogP contribution in [-0.2, 0) is 6.42 Å². The van der Waals surface area contributed by atoms with E-state index in [1.54, 1.807) is 0 Å². The molecule has 0 unspecified atom stereocenters. The quantitative estimate of drug-likeness (QED) is 0.420. The molecule has 0 spiro atoms. The van der Waals surface area contributed by atoms with E-state index in [1.807, 2.05) is 6.08 Å². The highest BCUT2D eigenvalue weighted by Gasteiger charge is 2.04. The van der Waals surface area contributed by atoms with E-state index in [4.69, 9.17) is 0 Å². The fourth-order valence-corrected chi connectivity index (χ4v) is 2.44. The zero-order valence-corrected chi connectivity index (χ0v) is 13.7. The highest BCUT2D eigenvalue weighted by Crippen LogP contribution is 2.12. The van der Waals surface area contributed by atoms with Crippen LogP contribution in [0.1, 0.15) is 49.7 Å². The minimum Gasteiger partial charge on any atom is -0.331 e. The Kier molecular flexibility index (Phi) is 7.61. The first-order valence-corrected chi connectivity index (χ1v) is 8.03. The number of unbranched alkanes of at least 4 members (excludes halogenated alkanes) is 5. The lowest BCUT2D eigenvalue weighted by Gasteiger charge is -2.23. The van der Waals surface area contributed by atoms with Gasteiger partial charge in [0.05, 0.1) is 27.7 Å². The molecule has 0 amide bonds. The Hall–Kier alpha value is -1.08. The molecule has 0 N–H and O–H groups in total. The number of hydrogen-bond acceptors (Lipinski definition) is 0. The van der Waals surface area contributed by atoms with Gasteiger partial charge >= 0.3 is 0 Å². The molecule has 0 aliphatic heterocycles. The van der Waals surface area contributed by atoms with Crippen molar-refractivity contribution in [1.29, 1.82) is 0 Å². The van der Waals surface area contributed by atoms with Gasteiger partial charge in [0.25, 0.3) is 0 Å². The van der Waals surface area contributed by atoms with Gasteiger partial charge in [-0.15, -0.1) is 0 Å². The third kappa shape index (κ3) is 8.16. The van der Waals surface area contributed by atoms with Gasteiger partial charge in [0.15, 0.2) is 0 Å². The Labute approximate surface area is 125 Å². The van der Waals surface area contributed by atoms with Crippen molar-refractivity contribution in [3.05, 3.63) is 42.0 Å². The van der Waals surface area contributed by atoms with E-state index < -0.39 is 0 Å². The zero-order chi connectivity index (χ0) is 14.8. The summed E-state index contributed by atoms with van der Waals surface area (Å²) in [7, 11) is 6.83. The van der Waals surface area contributed by atoms with Crippen molar-refractivity contribution in [1.82, 2.24) is 0 Å². The predicted octanol–water partition coefficient (Wildman–Crippen LogP) is 4.92. The highest BCUT2D eigenvalue weighted by molar-refractivity contribution is 5.47. The van der Waals surface area contributed by atoms with E-state index in [1.165, 1.54) is 62.6 Å². The van der Waals surface area contributed by atoms with Gasteiger partial charge < -0.3 is 4.48 Å². The largest absolute Gasteiger partial charge is 0.331 e. The highest BCUT2D eigenvalue weighted by atomic mass is 15.3. The average Bonchev–Trinajstić information content (AvgIpc) is 2.41. The lowest BCUT2D eigenvalue weighted by atomic mass is 10.0. The summed E-state index contributed by atoms with van der Waals surface area (Å²) in [5, 5.41) is 0. The van der Waals surface area contributed by atoms with Crippen LogP contribution >= 0.6 is 0 Å². The van der Waals surface area contributed by atoms with E-state index in [9.17, 15) is 0 Å². The van der Waals surface area contributed by atoms with Crippen LogP contribution in [0.4, 0.5) is 0 Å². The molecule has 112 valence electrons. The first-order chi connectivity index (χ1) is 9.51. The lowest BCUT2D eigenvalue weighted by molar-refractivity contribution is -0.870. The van der Waals surface area contributed by atoms with Crippen molar-refractivity contribution >= 4 is 6.08 Å². The molecule has 1 aromatic carbocycles. The zero-order valence-electron chi connectivity index (χ0n) is 13.7. The number of quaternary nitrogens is 1. The van der Waals surface area contributed by atoms with Crippen LogP contribution in [0.15, 0.2) is 30.8 Å². The maximum atomic E-state index is 3.79. The van der Waals surface area contributed by atoms with Crippen LogP contribution in [0.3, 0.4) is 0 Å². The van der Waals surface area contributed by atoms with E-state index in [2.05, 4.69) is 52.0 Å². The summed E-state index contributed by atoms with van der Waals surface area (Å²) < 4.78 is 1.10. The summed E-state index contributed by atoms with van der Waals surface area (Å²) in [6, 6.07) is 8.79. The summed E-state index contributed by atoms with van der Waals surface area (Å²) >= 11 is 0. The van der Waals surface area contributed by atoms with Crippen molar-refractivity contribution in [2.45, 2.75) is 44.9 Å². The van der Waals surface area contributed by atoms with Crippen molar-refractivity contribution in [2.24, 2.45) is 0 Å². The molecule has 1 nitrogen and oxygen atoms in total. The monoisotopic (exact) mass is 274 g/mol. The lowest BCUT2D eigenvalue weighted by Crippen LogP contribution is -2.35. The molecule has 0 fully saturated rings. The Morgan fingerprint density at radius 1 is 0.850 bits per heavy atom. The van der Waals surface area contributed by atoms with E-state index in [-0.39, 0.29) is 0 Å². The number of nitrogens with zero attached hydrogens (tertiary/aromatic N) is 1. The molecule has 0 heterocycles. The molecule has 0 aliphatic rings. The fourth-order valence-electron chi connectivity index (χ4n) is 2.44. The molecule has 0 radical (unpaired) electrons. The SMILES string of the molecule is C=Cc1ccc(CCCCCCCC[N+](C)(C)C)cc1. The molecule has 0 atom stereocenters. The Morgan fingerprint density at radius 3 is 1.95 bits per heavy atom. The van der Waals surface area contributed by atoms with Gasteiger partial charge in [0, 0.05) is 0 Å². The normalized spacial score (nSPS) is 11.6. The molecule has 0 saturated carbocycles. The third-order valence-electron chi connectivity index (χ3n) is 3.76. The second kappa shape index (κ2) is 8.97. The second-order valence-electron chi connectivity index (χ2n) is 6.83. The number of benzene rings is 1. The molecular formula is C19H32N+. The van der Waals surface area contributed by atoms with Gasteiger partial charge in [0.1, 0.15) is 0 Å². The molecule has 0 saturated heterocycles. The Balaban J connectivity index is 2.00. The van der Waals surface area contributed by atoms with Gasteiger partial charge in [-0.1, -0.05) is 56.2 Å². The van der Waals surface area contributed by atoms with Gasteiger partial charge in [0.2, 0.25) is 0 Å². The summed E-state index contributed by atoms with van der Waals surface area (Å²) in [5.41, 5.74) is 2.67. The minimum absolute atomic E-state index is 1.10. The molecule has 1 aromatic rings. The first kappa shape index (κ1) is 17.0. The standard InChI is InChI=1S/C19H32N/c1-5-18-13-15-19(16-14-18)12-10-8-6-7-9-11-17-20(2,3)4/h5,13-16H,1,6-12,17H2,2-4H3/q+1. The average molecular weight is 274 g/mol. The molecule has 20 heavy (non-hydrogen) atoms. The van der Waals surface area contributed by atoms with Gasteiger partial charge in [-0.25, -0.2) is 0 Å². The summed E-state index contributed by atoms with van der Waals surface area (Å²) in [4.78, 5) is 0. The van der Waals surface area contributed by atoms with Gasteiger partial charge in [-0.3, -0.25) is 0 Å². The fraction of sp³-hybridized carbons (Fsp3) is 0.579. The van der Waals surface area contributed by atoms with E-state index >= 15 is 0 Å². The third-order valence-corrected chi connectivity index (χ3v) is 3.76. The van der Waals surface area contributed by atoms with Crippen molar-refractivity contribution in [2.75, 3.05) is 27.7 Å². The van der Waals surface area contributed by atoms with Crippen molar-refractivity contribution in [3.63, 3.8) is 0 Å². The number of rotatable bonds is 10. The van der Waals surface area contributed by atoms with Crippen LogP contribution in [0.2, 0.25) is 0 Å². The molecule has 0 bridgehead atoms. The molecule has 0 aliphatic carbocycles. The summed E-state index contributed by atoms with van der Waals surface area (Å²) in [6.07, 6.45) is 11.4. The van der Waals surface area contributed by atoms with Gasteiger partial charge in [-0.2, -0.15) is 0 Å². The number of aryl methyl sites for hydroxylation is 1. The van der Waals surface area contributed by atoms with Crippen LogP contribution in [0, 0.1) is 0 Å². The Bertz CT molecular complexity index is 370. The van der Waals surface area contributed by atoms with Crippen molar-refractivity contribution < 1.29 is 4.48 Å². The predicted molar refractivity (Wildman–Crippen MR) is 90.8 cm³/mol. The molecule has 1 heteroatoms. The van der Waals surface area contributed by atoms with Crippen molar-refractivity contribution in [3.8, 4) is 0 Å². The minimum atomic E-state index is 1.10. The molecular weight excluding hydrogens is 242 g/mol.